The summed E-state index contributed by atoms with van der Waals surface area (Å²) in [5.41, 5.74) is 1.90. The summed E-state index contributed by atoms with van der Waals surface area (Å²) in [6.07, 6.45) is 1.71. The highest BCUT2D eigenvalue weighted by Crippen LogP contribution is 2.31. The number of benzene rings is 1. The number of urea groups is 1. The fourth-order valence-electron chi connectivity index (χ4n) is 3.37. The van der Waals surface area contributed by atoms with E-state index in [2.05, 4.69) is 5.32 Å². The number of amides is 2. The van der Waals surface area contributed by atoms with Crippen LogP contribution >= 0.6 is 0 Å². The van der Waals surface area contributed by atoms with Gasteiger partial charge in [0.2, 0.25) is 0 Å². The number of nitrogens with one attached hydrogen (secondary N) is 1. The molecule has 2 saturated heterocycles. The average Bonchev–Trinajstić information content (AvgIpc) is 2.98. The fourth-order valence-corrected chi connectivity index (χ4v) is 3.37. The van der Waals surface area contributed by atoms with Crippen LogP contribution in [0.2, 0.25) is 0 Å². The SMILES string of the molecule is O=C=CN1CC(c2ccc(CCC(=O)O)cc2)N(N2CCNCC2)C1=O. The quantitative estimate of drug-likeness (QED) is 0.726. The molecule has 8 heteroatoms. The van der Waals surface area contributed by atoms with Gasteiger partial charge in [-0.1, -0.05) is 24.3 Å². The first-order chi connectivity index (χ1) is 12.6. The molecule has 1 unspecified atom stereocenters. The van der Waals surface area contributed by atoms with E-state index in [1.165, 1.54) is 4.90 Å². The number of carboxylic acid groups (broad SMARTS) is 1. The van der Waals surface area contributed by atoms with Gasteiger partial charge >= 0.3 is 12.0 Å². The molecule has 2 fully saturated rings. The molecular formula is C18H22N4O4. The molecule has 0 spiro atoms. The first-order valence-electron chi connectivity index (χ1n) is 8.67. The van der Waals surface area contributed by atoms with Crippen molar-refractivity contribution in [2.75, 3.05) is 32.7 Å². The predicted octanol–water partition coefficient (Wildman–Crippen LogP) is 0.648. The van der Waals surface area contributed by atoms with Gasteiger partial charge in [0.25, 0.3) is 0 Å². The maximum absolute atomic E-state index is 12.7. The van der Waals surface area contributed by atoms with Gasteiger partial charge < -0.3 is 10.4 Å². The lowest BCUT2D eigenvalue weighted by atomic mass is 10.0. The van der Waals surface area contributed by atoms with E-state index in [0.717, 1.165) is 43.5 Å². The normalized spacial score (nSPS) is 20.9. The van der Waals surface area contributed by atoms with Crippen LogP contribution in [0.4, 0.5) is 4.79 Å². The lowest BCUT2D eigenvalue weighted by Gasteiger charge is -2.37. The number of aliphatic carboxylic acids is 1. The molecule has 2 heterocycles. The van der Waals surface area contributed by atoms with Crippen molar-refractivity contribution in [2.45, 2.75) is 18.9 Å². The highest BCUT2D eigenvalue weighted by Gasteiger charge is 2.41. The second-order valence-corrected chi connectivity index (χ2v) is 6.38. The van der Waals surface area contributed by atoms with Crippen molar-refractivity contribution in [3.8, 4) is 0 Å². The Labute approximate surface area is 151 Å². The number of piperazine rings is 1. The standard InChI is InChI=1S/C18H22N4O4/c23-12-11-20-13-16(22(18(20)26)21-9-7-19-8-10-21)15-4-1-14(2-5-15)3-6-17(24)25/h1-2,4-5,11,16,19H,3,6-10,13H2,(H,24,25). The van der Waals surface area contributed by atoms with Gasteiger partial charge in [0.1, 0.15) is 5.94 Å². The van der Waals surface area contributed by atoms with E-state index in [0.29, 0.717) is 13.0 Å². The maximum atomic E-state index is 12.7. The van der Waals surface area contributed by atoms with Gasteiger partial charge in [-0.2, -0.15) is 0 Å². The molecule has 2 aliphatic heterocycles. The zero-order valence-corrected chi connectivity index (χ0v) is 14.4. The number of carbonyl (C=O) groups excluding carboxylic acids is 2. The van der Waals surface area contributed by atoms with Gasteiger partial charge in [0.05, 0.1) is 18.8 Å². The molecule has 0 aliphatic carbocycles. The molecule has 2 aliphatic rings. The zero-order chi connectivity index (χ0) is 18.5. The van der Waals surface area contributed by atoms with Crippen molar-refractivity contribution >= 4 is 17.9 Å². The van der Waals surface area contributed by atoms with E-state index in [9.17, 15) is 14.4 Å². The van der Waals surface area contributed by atoms with E-state index in [1.807, 2.05) is 29.3 Å². The molecule has 0 aromatic heterocycles. The molecule has 3 rings (SSSR count). The van der Waals surface area contributed by atoms with E-state index in [4.69, 9.17) is 5.11 Å². The molecule has 2 amide bonds. The van der Waals surface area contributed by atoms with Crippen LogP contribution in [0.5, 0.6) is 0 Å². The van der Waals surface area contributed by atoms with Gasteiger partial charge in [-0.15, -0.1) is 0 Å². The topological polar surface area (TPSA) is 93.2 Å². The summed E-state index contributed by atoms with van der Waals surface area (Å²) >= 11 is 0. The summed E-state index contributed by atoms with van der Waals surface area (Å²) in [4.78, 5) is 35.6. The smallest absolute Gasteiger partial charge is 0.339 e. The lowest BCUT2D eigenvalue weighted by molar-refractivity contribution is -0.136. The molecule has 26 heavy (non-hydrogen) atoms. The summed E-state index contributed by atoms with van der Waals surface area (Å²) < 4.78 is 0. The van der Waals surface area contributed by atoms with Crippen molar-refractivity contribution < 1.29 is 19.5 Å². The van der Waals surface area contributed by atoms with Crippen molar-refractivity contribution in [3.05, 3.63) is 41.6 Å². The number of hydrogen-bond donors (Lipinski definition) is 2. The number of hydrogen-bond acceptors (Lipinski definition) is 5. The van der Waals surface area contributed by atoms with Gasteiger partial charge in [0.15, 0.2) is 0 Å². The number of rotatable bonds is 6. The molecule has 1 aromatic carbocycles. The van der Waals surface area contributed by atoms with Crippen molar-refractivity contribution in [2.24, 2.45) is 0 Å². The minimum atomic E-state index is -0.823. The average molecular weight is 358 g/mol. The van der Waals surface area contributed by atoms with Crippen LogP contribution in [0.3, 0.4) is 0 Å². The summed E-state index contributed by atoms with van der Waals surface area (Å²) in [5, 5.41) is 15.8. The molecule has 8 nitrogen and oxygen atoms in total. The van der Waals surface area contributed by atoms with Crippen molar-refractivity contribution in [3.63, 3.8) is 0 Å². The highest BCUT2D eigenvalue weighted by molar-refractivity contribution is 5.79. The molecule has 138 valence electrons. The molecule has 2 N–H and O–H groups in total. The van der Waals surface area contributed by atoms with E-state index < -0.39 is 5.97 Å². The minimum absolute atomic E-state index is 0.0894. The maximum Gasteiger partial charge on any atom is 0.339 e. The molecule has 0 radical (unpaired) electrons. The number of nitrogens with zero attached hydrogens (tertiary/aromatic N) is 3. The highest BCUT2D eigenvalue weighted by atomic mass is 16.4. The third kappa shape index (κ3) is 3.94. The first-order valence-corrected chi connectivity index (χ1v) is 8.67. The van der Waals surface area contributed by atoms with Crippen LogP contribution in [0, 0.1) is 0 Å². The Balaban J connectivity index is 1.81. The summed E-state index contributed by atoms with van der Waals surface area (Å²) in [6, 6.07) is 7.24. The predicted molar refractivity (Wildman–Crippen MR) is 93.8 cm³/mol. The second kappa shape index (κ2) is 8.14. The Bertz CT molecular complexity index is 708. The Hall–Kier alpha value is -2.67. The minimum Gasteiger partial charge on any atom is -0.481 e. The van der Waals surface area contributed by atoms with E-state index in [1.54, 1.807) is 11.0 Å². The number of carboxylic acids is 1. The van der Waals surface area contributed by atoms with Crippen LogP contribution in [-0.4, -0.2) is 70.7 Å². The number of carbonyl (C=O) groups is 2. The van der Waals surface area contributed by atoms with Gasteiger partial charge in [0, 0.05) is 32.6 Å². The Kier molecular flexibility index (Phi) is 5.68. The first kappa shape index (κ1) is 18.1. The fraction of sp³-hybridized carbons (Fsp3) is 0.444. The molecule has 1 aromatic rings. The van der Waals surface area contributed by atoms with E-state index in [-0.39, 0.29) is 18.5 Å². The van der Waals surface area contributed by atoms with E-state index >= 15 is 0 Å². The monoisotopic (exact) mass is 358 g/mol. The molecule has 0 bridgehead atoms. The van der Waals surface area contributed by atoms with Gasteiger partial charge in [-0.3, -0.25) is 9.69 Å². The summed E-state index contributed by atoms with van der Waals surface area (Å²) in [6.45, 7) is 3.42. The van der Waals surface area contributed by atoms with Crippen molar-refractivity contribution in [1.29, 1.82) is 0 Å². The lowest BCUT2D eigenvalue weighted by Crippen LogP contribution is -2.54. The molecule has 0 saturated carbocycles. The summed E-state index contributed by atoms with van der Waals surface area (Å²) in [5.74, 6) is 0.866. The number of aryl methyl sites for hydroxylation is 1. The van der Waals surface area contributed by atoms with Crippen molar-refractivity contribution in [1.82, 2.24) is 20.2 Å². The van der Waals surface area contributed by atoms with Crippen LogP contribution in [0.25, 0.3) is 0 Å². The molecular weight excluding hydrogens is 336 g/mol. The largest absolute Gasteiger partial charge is 0.481 e. The molecule has 1 atom stereocenters. The zero-order valence-electron chi connectivity index (χ0n) is 14.4. The van der Waals surface area contributed by atoms with Crippen LogP contribution in [0.1, 0.15) is 23.6 Å². The van der Waals surface area contributed by atoms with Crippen LogP contribution in [-0.2, 0) is 16.0 Å². The Morgan fingerprint density at radius 2 is 1.96 bits per heavy atom. The Morgan fingerprint density at radius 3 is 2.58 bits per heavy atom. The second-order valence-electron chi connectivity index (χ2n) is 6.38. The van der Waals surface area contributed by atoms with Gasteiger partial charge in [-0.05, 0) is 17.5 Å². The van der Waals surface area contributed by atoms with Crippen LogP contribution in [0.15, 0.2) is 30.5 Å². The summed E-state index contributed by atoms with van der Waals surface area (Å²) in [7, 11) is 0. The Morgan fingerprint density at radius 1 is 1.27 bits per heavy atom. The van der Waals surface area contributed by atoms with Crippen LogP contribution < -0.4 is 5.32 Å². The third-order valence-corrected chi connectivity index (χ3v) is 4.71. The van der Waals surface area contributed by atoms with Gasteiger partial charge in [-0.25, -0.2) is 19.6 Å². The third-order valence-electron chi connectivity index (χ3n) is 4.71. The number of hydrazine groups is 1.